The van der Waals surface area contributed by atoms with Crippen molar-refractivity contribution in [1.82, 2.24) is 14.9 Å². The predicted molar refractivity (Wildman–Crippen MR) is 127 cm³/mol. The number of carbonyl (C=O) groups excluding carboxylic acids is 2. The Morgan fingerprint density at radius 3 is 2.27 bits per heavy atom. The summed E-state index contributed by atoms with van der Waals surface area (Å²) in [6.07, 6.45) is 8.90. The second-order valence-electron chi connectivity index (χ2n) is 8.67. The van der Waals surface area contributed by atoms with E-state index in [1.165, 1.54) is 5.69 Å². The first-order valence-electron chi connectivity index (χ1n) is 11.4. The van der Waals surface area contributed by atoms with Crippen LogP contribution in [0.2, 0.25) is 0 Å². The standard InChI is InChI=1S/C26H27N5O2/c32-25-19-30(26(33)21-5-11-27-12-6-21)18-22-3-1-2-4-24(22)31(25)17-20-9-15-29(16-10-20)23-7-13-28-14-8-23/h1-8,11-14,20H,9-10,15-19H2. The molecule has 0 atom stereocenters. The predicted octanol–water partition coefficient (Wildman–Crippen LogP) is 3.38. The number of piperidine rings is 1. The Hall–Kier alpha value is -3.74. The fraction of sp³-hybridized carbons (Fsp3) is 0.308. The number of benzene rings is 1. The van der Waals surface area contributed by atoms with Crippen LogP contribution in [0.15, 0.2) is 73.3 Å². The first kappa shape index (κ1) is 21.1. The van der Waals surface area contributed by atoms with Crippen LogP contribution >= 0.6 is 0 Å². The van der Waals surface area contributed by atoms with Gasteiger partial charge in [-0.15, -0.1) is 0 Å². The van der Waals surface area contributed by atoms with Crippen molar-refractivity contribution >= 4 is 23.2 Å². The molecule has 0 bridgehead atoms. The van der Waals surface area contributed by atoms with Crippen LogP contribution in [-0.4, -0.2) is 52.9 Å². The van der Waals surface area contributed by atoms with Gasteiger partial charge in [-0.2, -0.15) is 0 Å². The number of rotatable bonds is 4. The Morgan fingerprint density at radius 1 is 0.879 bits per heavy atom. The van der Waals surface area contributed by atoms with Crippen LogP contribution in [0.4, 0.5) is 11.4 Å². The van der Waals surface area contributed by atoms with Crippen molar-refractivity contribution < 1.29 is 9.59 Å². The molecule has 1 saturated heterocycles. The molecule has 0 aliphatic carbocycles. The van der Waals surface area contributed by atoms with Crippen LogP contribution in [0, 0.1) is 5.92 Å². The third kappa shape index (κ3) is 4.58. The minimum absolute atomic E-state index is 0.0288. The van der Waals surface area contributed by atoms with Gasteiger partial charge in [0.1, 0.15) is 6.54 Å². The zero-order chi connectivity index (χ0) is 22.6. The van der Waals surface area contributed by atoms with E-state index in [0.717, 1.165) is 37.2 Å². The highest BCUT2D eigenvalue weighted by molar-refractivity contribution is 6.01. The fourth-order valence-electron chi connectivity index (χ4n) is 4.76. The number of anilines is 2. The van der Waals surface area contributed by atoms with Crippen LogP contribution < -0.4 is 9.80 Å². The number of pyridine rings is 2. The van der Waals surface area contributed by atoms with Crippen LogP contribution in [0.25, 0.3) is 0 Å². The molecule has 0 spiro atoms. The number of aromatic nitrogens is 2. The zero-order valence-corrected chi connectivity index (χ0v) is 18.5. The van der Waals surface area contributed by atoms with Gasteiger partial charge in [-0.3, -0.25) is 19.6 Å². The molecule has 4 heterocycles. The summed E-state index contributed by atoms with van der Waals surface area (Å²) in [5.41, 5.74) is 3.67. The van der Waals surface area contributed by atoms with E-state index in [9.17, 15) is 9.59 Å². The number of hydrogen-bond donors (Lipinski definition) is 0. The third-order valence-electron chi connectivity index (χ3n) is 6.57. The van der Waals surface area contributed by atoms with Crippen molar-refractivity contribution in [3.8, 4) is 0 Å². The van der Waals surface area contributed by atoms with Gasteiger partial charge in [0.15, 0.2) is 0 Å². The molecule has 2 aliphatic heterocycles. The van der Waals surface area contributed by atoms with E-state index in [-0.39, 0.29) is 18.4 Å². The quantitative estimate of drug-likeness (QED) is 0.621. The fourth-order valence-corrected chi connectivity index (χ4v) is 4.76. The molecule has 7 nitrogen and oxygen atoms in total. The molecule has 3 aromatic rings. The van der Waals surface area contributed by atoms with Crippen molar-refractivity contribution in [2.24, 2.45) is 5.92 Å². The van der Waals surface area contributed by atoms with E-state index < -0.39 is 0 Å². The minimum atomic E-state index is -0.145. The van der Waals surface area contributed by atoms with Crippen molar-refractivity contribution in [1.29, 1.82) is 0 Å². The molecule has 0 unspecified atom stereocenters. The zero-order valence-electron chi connectivity index (χ0n) is 18.5. The Bertz CT molecular complexity index is 1110. The summed E-state index contributed by atoms with van der Waals surface area (Å²) >= 11 is 0. The smallest absolute Gasteiger partial charge is 0.254 e. The van der Waals surface area contributed by atoms with Gasteiger partial charge < -0.3 is 14.7 Å². The van der Waals surface area contributed by atoms with Gasteiger partial charge in [0.25, 0.3) is 5.91 Å². The van der Waals surface area contributed by atoms with Crippen LogP contribution in [0.5, 0.6) is 0 Å². The average Bonchev–Trinajstić information content (AvgIpc) is 3.01. The summed E-state index contributed by atoms with van der Waals surface area (Å²) < 4.78 is 0. The summed E-state index contributed by atoms with van der Waals surface area (Å²) in [5.74, 6) is 0.245. The number of hydrogen-bond acceptors (Lipinski definition) is 5. The normalized spacial score (nSPS) is 17.0. The molecule has 1 fully saturated rings. The molecular formula is C26H27N5O2. The Balaban J connectivity index is 1.31. The molecule has 2 aliphatic rings. The highest BCUT2D eigenvalue weighted by Crippen LogP contribution is 2.30. The molecular weight excluding hydrogens is 414 g/mol. The molecule has 5 rings (SSSR count). The van der Waals surface area contributed by atoms with Gasteiger partial charge in [0, 0.05) is 67.9 Å². The molecule has 1 aromatic carbocycles. The monoisotopic (exact) mass is 441 g/mol. The molecule has 0 N–H and O–H groups in total. The summed E-state index contributed by atoms with van der Waals surface area (Å²) in [5, 5.41) is 0. The molecule has 2 amide bonds. The van der Waals surface area contributed by atoms with Crippen LogP contribution in [0.1, 0.15) is 28.8 Å². The first-order chi connectivity index (χ1) is 16.2. The highest BCUT2D eigenvalue weighted by Gasteiger charge is 2.31. The van der Waals surface area contributed by atoms with Gasteiger partial charge in [0.2, 0.25) is 5.91 Å². The molecule has 0 saturated carbocycles. The first-order valence-corrected chi connectivity index (χ1v) is 11.4. The maximum atomic E-state index is 13.4. The van der Waals surface area contributed by atoms with Crippen molar-refractivity contribution in [2.45, 2.75) is 19.4 Å². The van der Waals surface area contributed by atoms with Gasteiger partial charge in [0.05, 0.1) is 0 Å². The second-order valence-corrected chi connectivity index (χ2v) is 8.67. The number of amides is 2. The SMILES string of the molecule is O=C(c1ccncc1)N1CC(=O)N(CC2CCN(c3ccncc3)CC2)c2ccccc2C1. The lowest BCUT2D eigenvalue weighted by Gasteiger charge is -2.36. The molecule has 7 heteroatoms. The lowest BCUT2D eigenvalue weighted by Crippen LogP contribution is -2.44. The van der Waals surface area contributed by atoms with Crippen molar-refractivity contribution in [3.05, 3.63) is 84.4 Å². The van der Waals surface area contributed by atoms with Gasteiger partial charge in [-0.25, -0.2) is 0 Å². The molecule has 33 heavy (non-hydrogen) atoms. The van der Waals surface area contributed by atoms with Crippen molar-refractivity contribution in [3.63, 3.8) is 0 Å². The van der Waals surface area contributed by atoms with Gasteiger partial charge in [-0.1, -0.05) is 18.2 Å². The Labute approximate surface area is 193 Å². The Morgan fingerprint density at radius 2 is 1.55 bits per heavy atom. The summed E-state index contributed by atoms with van der Waals surface area (Å²) in [6, 6.07) is 15.4. The topological polar surface area (TPSA) is 69.6 Å². The summed E-state index contributed by atoms with van der Waals surface area (Å²) in [6.45, 7) is 3.10. The molecule has 0 radical (unpaired) electrons. The van der Waals surface area contributed by atoms with E-state index in [1.807, 2.05) is 53.7 Å². The lowest BCUT2D eigenvalue weighted by atomic mass is 9.95. The van der Waals surface area contributed by atoms with Crippen molar-refractivity contribution in [2.75, 3.05) is 36.0 Å². The number of para-hydroxylation sites is 1. The number of carbonyl (C=O) groups is 2. The van der Waals surface area contributed by atoms with E-state index >= 15 is 0 Å². The van der Waals surface area contributed by atoms with Gasteiger partial charge in [-0.05, 0) is 54.7 Å². The summed E-state index contributed by atoms with van der Waals surface area (Å²) in [7, 11) is 0. The maximum Gasteiger partial charge on any atom is 0.254 e. The molecule has 168 valence electrons. The Kier molecular flexibility index (Phi) is 6.02. The van der Waals surface area contributed by atoms with E-state index in [4.69, 9.17) is 0 Å². The molecule has 2 aromatic heterocycles. The van der Waals surface area contributed by atoms with Crippen LogP contribution in [0.3, 0.4) is 0 Å². The lowest BCUT2D eigenvalue weighted by molar-refractivity contribution is -0.119. The second kappa shape index (κ2) is 9.40. The summed E-state index contributed by atoms with van der Waals surface area (Å²) in [4.78, 5) is 40.5. The third-order valence-corrected chi connectivity index (χ3v) is 6.57. The van der Waals surface area contributed by atoms with E-state index in [1.54, 1.807) is 29.4 Å². The van der Waals surface area contributed by atoms with Crippen LogP contribution in [-0.2, 0) is 11.3 Å². The average molecular weight is 442 g/mol. The number of nitrogens with zero attached hydrogens (tertiary/aromatic N) is 5. The van der Waals surface area contributed by atoms with E-state index in [2.05, 4.69) is 14.9 Å². The maximum absolute atomic E-state index is 13.4. The van der Waals surface area contributed by atoms with E-state index in [0.29, 0.717) is 24.6 Å². The number of fused-ring (bicyclic) bond motifs is 1. The highest BCUT2D eigenvalue weighted by atomic mass is 16.2. The van der Waals surface area contributed by atoms with Gasteiger partial charge >= 0.3 is 0 Å². The largest absolute Gasteiger partial charge is 0.371 e. The minimum Gasteiger partial charge on any atom is -0.371 e.